The Balaban J connectivity index is 2.38. The van der Waals surface area contributed by atoms with E-state index in [1.54, 1.807) is 6.92 Å². The van der Waals surface area contributed by atoms with E-state index in [9.17, 15) is 10.2 Å². The lowest BCUT2D eigenvalue weighted by Crippen LogP contribution is -2.06. The highest BCUT2D eigenvalue weighted by Crippen LogP contribution is 2.20. The number of fused-ring (bicyclic) bond motifs is 1. The van der Waals surface area contributed by atoms with E-state index >= 15 is 0 Å². The van der Waals surface area contributed by atoms with Crippen molar-refractivity contribution in [3.63, 3.8) is 0 Å². The van der Waals surface area contributed by atoms with Crippen LogP contribution in [-0.4, -0.2) is 20.9 Å². The van der Waals surface area contributed by atoms with E-state index in [0.717, 1.165) is 29.4 Å². The Hall–Kier alpha value is -1.32. The Morgan fingerprint density at radius 2 is 2.12 bits per heavy atom. The number of nitrogens with zero attached hydrogens (tertiary/aromatic N) is 1. The first-order chi connectivity index (χ1) is 7.72. The van der Waals surface area contributed by atoms with E-state index in [-0.39, 0.29) is 12.7 Å². The van der Waals surface area contributed by atoms with Gasteiger partial charge in [-0.3, -0.25) is 0 Å². The van der Waals surface area contributed by atoms with Crippen LogP contribution in [-0.2, 0) is 13.2 Å². The van der Waals surface area contributed by atoms with Crippen LogP contribution in [0.4, 0.5) is 0 Å². The van der Waals surface area contributed by atoms with E-state index in [2.05, 4.69) is 4.57 Å². The molecule has 1 unspecified atom stereocenters. The number of para-hydroxylation sites is 1. The van der Waals surface area contributed by atoms with E-state index in [1.807, 2.05) is 30.5 Å². The van der Waals surface area contributed by atoms with Gasteiger partial charge in [0.05, 0.1) is 18.2 Å². The third kappa shape index (κ3) is 2.10. The van der Waals surface area contributed by atoms with E-state index in [0.29, 0.717) is 0 Å². The monoisotopic (exact) mass is 219 g/mol. The van der Waals surface area contributed by atoms with Crippen molar-refractivity contribution in [2.45, 2.75) is 32.6 Å². The van der Waals surface area contributed by atoms with Crippen LogP contribution in [0.25, 0.3) is 10.9 Å². The molecule has 0 radical (unpaired) electrons. The summed E-state index contributed by atoms with van der Waals surface area (Å²) in [5.74, 6) is 0. The molecule has 0 amide bonds. The molecule has 0 aliphatic heterocycles. The molecule has 0 saturated heterocycles. The Kier molecular flexibility index (Phi) is 3.27. The van der Waals surface area contributed by atoms with Gasteiger partial charge in [-0.2, -0.15) is 0 Å². The lowest BCUT2D eigenvalue weighted by atomic mass is 10.1. The van der Waals surface area contributed by atoms with Crippen LogP contribution in [0, 0.1) is 0 Å². The topological polar surface area (TPSA) is 45.4 Å². The molecule has 0 fully saturated rings. The zero-order valence-corrected chi connectivity index (χ0v) is 9.43. The molecule has 86 valence electrons. The van der Waals surface area contributed by atoms with Crippen LogP contribution in [0.1, 0.15) is 18.9 Å². The third-order valence-corrected chi connectivity index (χ3v) is 2.83. The second kappa shape index (κ2) is 4.68. The van der Waals surface area contributed by atoms with Crippen LogP contribution in [0.5, 0.6) is 0 Å². The number of rotatable bonds is 4. The molecule has 1 atom stereocenters. The Bertz CT molecular complexity index is 474. The van der Waals surface area contributed by atoms with Crippen molar-refractivity contribution in [2.75, 3.05) is 0 Å². The van der Waals surface area contributed by atoms with E-state index in [4.69, 9.17) is 0 Å². The van der Waals surface area contributed by atoms with Gasteiger partial charge in [-0.15, -0.1) is 0 Å². The van der Waals surface area contributed by atoms with Gasteiger partial charge in [-0.1, -0.05) is 18.2 Å². The highest BCUT2D eigenvalue weighted by molar-refractivity contribution is 5.83. The van der Waals surface area contributed by atoms with Crippen molar-refractivity contribution in [2.24, 2.45) is 0 Å². The van der Waals surface area contributed by atoms with Crippen molar-refractivity contribution in [1.29, 1.82) is 0 Å². The maximum absolute atomic E-state index is 9.29. The maximum atomic E-state index is 9.29. The first-order valence-electron chi connectivity index (χ1n) is 5.58. The number of hydrogen-bond acceptors (Lipinski definition) is 2. The van der Waals surface area contributed by atoms with Crippen LogP contribution >= 0.6 is 0 Å². The van der Waals surface area contributed by atoms with Crippen molar-refractivity contribution in [3.8, 4) is 0 Å². The van der Waals surface area contributed by atoms with Crippen molar-refractivity contribution in [1.82, 2.24) is 4.57 Å². The van der Waals surface area contributed by atoms with Crippen molar-refractivity contribution >= 4 is 10.9 Å². The molecule has 2 aromatic rings. The summed E-state index contributed by atoms with van der Waals surface area (Å²) in [5, 5.41) is 19.7. The first kappa shape index (κ1) is 11.2. The lowest BCUT2D eigenvalue weighted by Gasteiger charge is -2.09. The third-order valence-electron chi connectivity index (χ3n) is 2.83. The average Bonchev–Trinajstić information content (AvgIpc) is 2.69. The number of aromatic nitrogens is 1. The van der Waals surface area contributed by atoms with Gasteiger partial charge in [0.15, 0.2) is 0 Å². The van der Waals surface area contributed by atoms with Gasteiger partial charge in [0.1, 0.15) is 0 Å². The van der Waals surface area contributed by atoms with Gasteiger partial charge < -0.3 is 14.8 Å². The molecule has 1 aromatic carbocycles. The Morgan fingerprint density at radius 3 is 2.81 bits per heavy atom. The second-order valence-electron chi connectivity index (χ2n) is 4.16. The lowest BCUT2D eigenvalue weighted by molar-refractivity contribution is 0.178. The first-order valence-corrected chi connectivity index (χ1v) is 5.58. The van der Waals surface area contributed by atoms with Crippen LogP contribution < -0.4 is 0 Å². The molecule has 3 nitrogen and oxygen atoms in total. The molecule has 3 heteroatoms. The van der Waals surface area contributed by atoms with Gasteiger partial charge in [0, 0.05) is 18.3 Å². The van der Waals surface area contributed by atoms with Crippen LogP contribution in [0.3, 0.4) is 0 Å². The minimum atomic E-state index is -0.293. The molecule has 2 rings (SSSR count). The molecule has 0 aliphatic rings. The molecular weight excluding hydrogens is 202 g/mol. The van der Waals surface area contributed by atoms with Crippen molar-refractivity contribution < 1.29 is 10.2 Å². The quantitative estimate of drug-likeness (QED) is 0.825. The number of benzene rings is 1. The van der Waals surface area contributed by atoms with Crippen molar-refractivity contribution in [3.05, 3.63) is 36.0 Å². The summed E-state index contributed by atoms with van der Waals surface area (Å²) in [6.07, 6.45) is 2.44. The van der Waals surface area contributed by atoms with Gasteiger partial charge in [0.2, 0.25) is 0 Å². The fourth-order valence-corrected chi connectivity index (χ4v) is 1.98. The summed E-state index contributed by atoms with van der Waals surface area (Å²) in [6.45, 7) is 2.62. The summed E-state index contributed by atoms with van der Waals surface area (Å²) in [7, 11) is 0. The zero-order valence-electron chi connectivity index (χ0n) is 9.43. The highest BCUT2D eigenvalue weighted by atomic mass is 16.3. The van der Waals surface area contributed by atoms with Crippen LogP contribution in [0.2, 0.25) is 0 Å². The fourth-order valence-electron chi connectivity index (χ4n) is 1.98. The summed E-state index contributed by atoms with van der Waals surface area (Å²) >= 11 is 0. The largest absolute Gasteiger partial charge is 0.393 e. The SMILES string of the molecule is CC(O)CCn1ccc2cccc(CO)c21. The molecule has 0 aliphatic carbocycles. The predicted octanol–water partition coefficient (Wildman–Crippen LogP) is 1.90. The minimum absolute atomic E-state index is 0.0516. The standard InChI is InChI=1S/C13H17NO2/c1-10(16)5-7-14-8-6-11-3-2-4-12(9-15)13(11)14/h2-4,6,8,10,15-16H,5,7,9H2,1H3. The fraction of sp³-hybridized carbons (Fsp3) is 0.385. The van der Waals surface area contributed by atoms with Crippen LogP contribution in [0.15, 0.2) is 30.5 Å². The molecule has 2 N–H and O–H groups in total. The smallest absolute Gasteiger partial charge is 0.0702 e. The highest BCUT2D eigenvalue weighted by Gasteiger charge is 2.06. The molecule has 0 spiro atoms. The summed E-state index contributed by atoms with van der Waals surface area (Å²) in [4.78, 5) is 0. The molecule has 1 aromatic heterocycles. The van der Waals surface area contributed by atoms with E-state index < -0.39 is 0 Å². The molecule has 16 heavy (non-hydrogen) atoms. The molecule has 0 bridgehead atoms. The molecule has 0 saturated carbocycles. The normalized spacial score (nSPS) is 13.2. The number of aliphatic hydroxyl groups excluding tert-OH is 2. The number of hydrogen-bond donors (Lipinski definition) is 2. The van der Waals surface area contributed by atoms with Gasteiger partial charge >= 0.3 is 0 Å². The predicted molar refractivity (Wildman–Crippen MR) is 64.2 cm³/mol. The minimum Gasteiger partial charge on any atom is -0.393 e. The van der Waals surface area contributed by atoms with Gasteiger partial charge in [0.25, 0.3) is 0 Å². The molecular formula is C13H17NO2. The average molecular weight is 219 g/mol. The summed E-state index contributed by atoms with van der Waals surface area (Å²) in [6, 6.07) is 7.96. The molecule has 1 heterocycles. The Morgan fingerprint density at radius 1 is 1.31 bits per heavy atom. The summed E-state index contributed by atoms with van der Waals surface area (Å²) in [5.41, 5.74) is 2.01. The number of aryl methyl sites for hydroxylation is 1. The zero-order chi connectivity index (χ0) is 11.5. The van der Waals surface area contributed by atoms with Gasteiger partial charge in [-0.05, 0) is 24.8 Å². The van der Waals surface area contributed by atoms with E-state index in [1.165, 1.54) is 0 Å². The Labute approximate surface area is 94.9 Å². The summed E-state index contributed by atoms with van der Waals surface area (Å²) < 4.78 is 2.09. The maximum Gasteiger partial charge on any atom is 0.0702 e. The van der Waals surface area contributed by atoms with Gasteiger partial charge in [-0.25, -0.2) is 0 Å². The number of aliphatic hydroxyl groups is 2. The second-order valence-corrected chi connectivity index (χ2v) is 4.16.